The summed E-state index contributed by atoms with van der Waals surface area (Å²) in [7, 11) is 28.9. The first kappa shape index (κ1) is 36.0. The average Bonchev–Trinajstić information content (AvgIpc) is 1.71. The van der Waals surface area contributed by atoms with E-state index in [-0.39, 0.29) is 35.9 Å². The van der Waals surface area contributed by atoms with Crippen LogP contribution in [0.15, 0.2) is 0 Å². The summed E-state index contributed by atoms with van der Waals surface area (Å²) < 4.78 is 0. The first-order chi connectivity index (χ1) is 4.15. The van der Waals surface area contributed by atoms with E-state index in [1.54, 1.807) is 0 Å². The summed E-state index contributed by atoms with van der Waals surface area (Å²) >= 11 is 0.269. The van der Waals surface area contributed by atoms with Gasteiger partial charge in [-0.05, 0) is 0 Å². The first-order valence-corrected chi connectivity index (χ1v) is 11.6. The van der Waals surface area contributed by atoms with Crippen LogP contribution in [0.1, 0.15) is 0 Å². The minimum Gasteiger partial charge on any atom is 0 e. The summed E-state index contributed by atoms with van der Waals surface area (Å²) in [5.41, 5.74) is 0. The van der Waals surface area contributed by atoms with Crippen LogP contribution in [0.5, 0.6) is 0 Å². The van der Waals surface area contributed by atoms with Crippen molar-refractivity contribution in [3.63, 3.8) is 0 Å². The van der Waals surface area contributed by atoms with Gasteiger partial charge in [0, 0.05) is 17.4 Å². The van der Waals surface area contributed by atoms with Gasteiger partial charge in [-0.15, -0.1) is 12.4 Å². The van der Waals surface area contributed by atoms with Gasteiger partial charge in [0.15, 0.2) is 0 Å². The quantitative estimate of drug-likeness (QED) is 0.495. The van der Waals surface area contributed by atoms with Crippen LogP contribution in [0.25, 0.3) is 0 Å². The minimum absolute atomic E-state index is 0. The normalized spacial score (nSPS) is 4.50. The van der Waals surface area contributed by atoms with Gasteiger partial charge in [-0.3, -0.25) is 0 Å². The molecule has 83 valence electrons. The number of rotatable bonds is 0. The Hall–Kier alpha value is 4.24. The second-order valence-electron chi connectivity index (χ2n) is 0.293. The van der Waals surface area contributed by atoms with Gasteiger partial charge in [0.25, 0.3) is 0 Å². The van der Waals surface area contributed by atoms with Crippen LogP contribution in [-0.4, -0.2) is 11.4 Å². The van der Waals surface area contributed by atoms with Gasteiger partial charge < -0.3 is 6.15 Å². The fraction of sp³-hybridized carbons (Fsp3) is 0. The van der Waals surface area contributed by atoms with E-state index in [1.165, 1.54) is 18.8 Å². The fourth-order valence-corrected chi connectivity index (χ4v) is 0. The summed E-state index contributed by atoms with van der Waals surface area (Å²) in [6.45, 7) is 0. The van der Waals surface area contributed by atoms with Crippen molar-refractivity contribution in [1.29, 1.82) is 0 Å². The van der Waals surface area contributed by atoms with Gasteiger partial charge in [-0.2, -0.15) is 0 Å². The van der Waals surface area contributed by atoms with E-state index in [9.17, 15) is 0 Å². The van der Waals surface area contributed by atoms with Crippen molar-refractivity contribution >= 4 is 83.7 Å². The average molecular weight is 500 g/mol. The van der Waals surface area contributed by atoms with Crippen molar-refractivity contribution < 1.29 is 48.8 Å². The molecule has 0 atom stereocenters. The van der Waals surface area contributed by atoms with Crippen molar-refractivity contribution in [2.75, 3.05) is 0 Å². The molecule has 1 nitrogen and oxygen atoms in total. The van der Waals surface area contributed by atoms with Gasteiger partial charge in [-0.25, -0.2) is 30.1 Å². The zero-order valence-corrected chi connectivity index (χ0v) is 15.9. The van der Waals surface area contributed by atoms with Gasteiger partial charge in [0.1, 0.15) is 0 Å². The molecule has 0 aromatic heterocycles. The Bertz CT molecular complexity index is 34.6. The van der Waals surface area contributed by atoms with Crippen LogP contribution in [0, 0.1) is 0 Å². The SMILES string of the molecule is Cl.N.[Cl][Al]([Cl])[Cl].[Cl][Mo].[Cl][Ni][Cl].[Cr]. The maximum absolute atomic E-state index is 4.94. The van der Waals surface area contributed by atoms with Crippen LogP contribution >= 0.6 is 72.4 Å². The Labute approximate surface area is 136 Å². The van der Waals surface area contributed by atoms with Crippen molar-refractivity contribution in [3.05, 3.63) is 0 Å². The zero-order chi connectivity index (χ0) is 8.28. The Morgan fingerprint density at radius 1 is 1.00 bits per heavy atom. The Balaban J connectivity index is -0.0000000105. The van der Waals surface area contributed by atoms with E-state index in [4.69, 9.17) is 50.5 Å². The van der Waals surface area contributed by atoms with E-state index in [0.717, 1.165) is 0 Å². The topological polar surface area (TPSA) is 35.0 Å². The third kappa shape index (κ3) is 139. The van der Waals surface area contributed by atoms with Gasteiger partial charge >= 0.3 is 72.6 Å². The minimum atomic E-state index is -1.72. The molecule has 0 spiro atoms. The summed E-state index contributed by atoms with van der Waals surface area (Å²) in [6.07, 6.45) is 0. The maximum Gasteiger partial charge on any atom is 0 e. The molecule has 0 heterocycles. The van der Waals surface area contributed by atoms with Crippen molar-refractivity contribution in [2.45, 2.75) is 0 Å². The van der Waals surface area contributed by atoms with Gasteiger partial charge in [0.05, 0.1) is 0 Å². The van der Waals surface area contributed by atoms with E-state index in [0.29, 0.717) is 12.7 Å². The van der Waals surface area contributed by atoms with E-state index in [2.05, 4.69) is 9.42 Å². The van der Waals surface area contributed by atoms with Crippen LogP contribution in [-0.2, 0) is 48.8 Å². The van der Waals surface area contributed by atoms with Gasteiger partial charge in [-0.1, -0.05) is 0 Å². The van der Waals surface area contributed by atoms with E-state index in [1.807, 2.05) is 0 Å². The number of hydrogen-bond donors (Lipinski definition) is 1. The van der Waals surface area contributed by atoms with Crippen LogP contribution in [0.2, 0.25) is 0 Å². The molecular formula is H4AlCl7CrMoNNi. The molecule has 0 rings (SSSR count). The predicted molar refractivity (Wildman–Crippen MR) is 53.1 cm³/mol. The first-order valence-electron chi connectivity index (χ1n) is 1.05. The van der Waals surface area contributed by atoms with Crippen LogP contribution < -0.4 is 6.15 Å². The van der Waals surface area contributed by atoms with Crippen molar-refractivity contribution in [1.82, 2.24) is 6.15 Å². The summed E-state index contributed by atoms with van der Waals surface area (Å²) in [5.74, 6) is 0. The Morgan fingerprint density at radius 2 is 1.00 bits per heavy atom. The third-order valence-corrected chi connectivity index (χ3v) is 0. The van der Waals surface area contributed by atoms with Crippen LogP contribution in [0.4, 0.5) is 0 Å². The molecule has 12 heavy (non-hydrogen) atoms. The van der Waals surface area contributed by atoms with Crippen molar-refractivity contribution in [3.8, 4) is 0 Å². The molecule has 0 fully saturated rings. The summed E-state index contributed by atoms with van der Waals surface area (Å²) in [4.78, 5) is 0. The standard InChI is InChI=1S/Al.7ClH.Cr.Mo.H3N.Ni/h;7*1H;;;1H3;/q+3;;;;;;;;;+1;;+2/p-6. The monoisotopic (exact) mass is 498 g/mol. The van der Waals surface area contributed by atoms with Crippen molar-refractivity contribution in [2.24, 2.45) is 0 Å². The molecule has 0 amide bonds. The molecule has 0 aliphatic heterocycles. The maximum atomic E-state index is 4.94. The smallest absolute Gasteiger partial charge is 0 e. The molecule has 12 heteroatoms. The molecule has 0 bridgehead atoms. The predicted octanol–water partition coefficient (Wildman–Crippen LogP) is 4.33. The molecule has 3 N–H and O–H groups in total. The number of halogens is 7. The second kappa shape index (κ2) is 45.5. The molecule has 0 radical (unpaired) electrons. The molecule has 0 saturated carbocycles. The van der Waals surface area contributed by atoms with Gasteiger partial charge in [0.2, 0.25) is 0 Å². The fourth-order valence-electron chi connectivity index (χ4n) is 0. The summed E-state index contributed by atoms with van der Waals surface area (Å²) in [5, 5.41) is 0. The molecule has 0 unspecified atom stereocenters. The molecule has 0 aromatic rings. The van der Waals surface area contributed by atoms with Crippen LogP contribution in [0.3, 0.4) is 0 Å². The molecule has 0 saturated heterocycles. The molecular weight excluding hydrogens is 496 g/mol. The summed E-state index contributed by atoms with van der Waals surface area (Å²) in [6, 6.07) is 0. The van der Waals surface area contributed by atoms with E-state index >= 15 is 0 Å². The third-order valence-electron chi connectivity index (χ3n) is 0. The largest absolute Gasteiger partial charge is 0 e. The molecule has 0 aromatic carbocycles. The zero-order valence-electron chi connectivity index (χ0n) is 5.09. The van der Waals surface area contributed by atoms with E-state index < -0.39 is 11.4 Å². The second-order valence-corrected chi connectivity index (χ2v) is 8.36. The Morgan fingerprint density at radius 3 is 1.00 bits per heavy atom. The number of hydrogen-bond acceptors (Lipinski definition) is 1. The molecule has 0 aliphatic carbocycles. The molecule has 0 aliphatic rings. The Kier molecular flexibility index (Phi) is 136.